The molecule has 6 rings (SSSR count). The number of halogens is 3. The van der Waals surface area contributed by atoms with E-state index in [9.17, 15) is 19.8 Å². The van der Waals surface area contributed by atoms with Crippen molar-refractivity contribution < 1.29 is 38.7 Å². The smallest absolute Gasteiger partial charge is 0.359 e. The molecule has 33 heavy (non-hydrogen) atoms. The summed E-state index contributed by atoms with van der Waals surface area (Å²) in [6.07, 6.45) is -2.15. The predicted octanol–water partition coefficient (Wildman–Crippen LogP) is 1.98. The van der Waals surface area contributed by atoms with Crippen LogP contribution in [0.15, 0.2) is 11.1 Å². The van der Waals surface area contributed by atoms with Crippen molar-refractivity contribution in [3.05, 3.63) is 11.1 Å². The fourth-order valence-corrected chi connectivity index (χ4v) is 7.74. The summed E-state index contributed by atoms with van der Waals surface area (Å²) in [5.74, 6) is -2.03. The molecule has 2 saturated heterocycles. The Morgan fingerprint density at radius 2 is 1.97 bits per heavy atom. The van der Waals surface area contributed by atoms with Gasteiger partial charge in [0.05, 0.1) is 6.10 Å². The van der Waals surface area contributed by atoms with Gasteiger partial charge in [0.2, 0.25) is 0 Å². The van der Waals surface area contributed by atoms with Gasteiger partial charge in [-0.15, -0.1) is 0 Å². The molecule has 0 bridgehead atoms. The number of esters is 2. The molecule has 3 heterocycles. The van der Waals surface area contributed by atoms with Crippen LogP contribution >= 0.6 is 34.8 Å². The van der Waals surface area contributed by atoms with Gasteiger partial charge in [0.1, 0.15) is 30.0 Å². The van der Waals surface area contributed by atoms with E-state index in [-0.39, 0.29) is 24.6 Å². The third kappa shape index (κ3) is 2.40. The van der Waals surface area contributed by atoms with Crippen molar-refractivity contribution in [1.29, 1.82) is 0 Å². The van der Waals surface area contributed by atoms with E-state index in [0.717, 1.165) is 5.57 Å². The van der Waals surface area contributed by atoms with Gasteiger partial charge in [-0.05, 0) is 36.7 Å². The zero-order valence-corrected chi connectivity index (χ0v) is 20.5. The topological polar surface area (TPSA) is 118 Å². The molecule has 2 N–H and O–H groups in total. The Morgan fingerprint density at radius 3 is 2.61 bits per heavy atom. The maximum Gasteiger partial charge on any atom is 0.359 e. The summed E-state index contributed by atoms with van der Waals surface area (Å²) in [5, 5.41) is 23.5. The van der Waals surface area contributed by atoms with Crippen LogP contribution in [0, 0.1) is 17.3 Å². The molecule has 4 fully saturated rings. The summed E-state index contributed by atoms with van der Waals surface area (Å²) >= 11 is 17.3. The van der Waals surface area contributed by atoms with Crippen LogP contribution in [0.3, 0.4) is 0 Å². The van der Waals surface area contributed by atoms with Crippen molar-refractivity contribution in [3.8, 4) is 0 Å². The molecule has 3 aliphatic heterocycles. The SMILES string of the molecule is CC(C)[C@]1(O)[C@H](OC(=O)C(Cl)(Cl)Cl)[C@@H]2O[C@]23[C@]2(O[C@H]2C[C@H]2C4=C(CC[C@@]23C)C(=O)OC4)[C@@H]1O. The molecule has 182 valence electrons. The van der Waals surface area contributed by atoms with Crippen LogP contribution in [0.5, 0.6) is 0 Å². The number of hydrogen-bond acceptors (Lipinski definition) is 8. The molecule has 9 atom stereocenters. The normalized spacial score (nSPS) is 51.7. The number of aliphatic hydroxyl groups is 2. The Labute approximate surface area is 205 Å². The van der Waals surface area contributed by atoms with Crippen molar-refractivity contribution >= 4 is 46.7 Å². The first-order valence-electron chi connectivity index (χ1n) is 11.2. The van der Waals surface area contributed by atoms with Gasteiger partial charge in [0.25, 0.3) is 3.79 Å². The molecular weight excluding hydrogens is 499 g/mol. The van der Waals surface area contributed by atoms with Gasteiger partial charge in [-0.25, -0.2) is 9.59 Å². The van der Waals surface area contributed by atoms with Gasteiger partial charge >= 0.3 is 11.9 Å². The number of hydrogen-bond donors (Lipinski definition) is 2. The highest BCUT2D eigenvalue weighted by molar-refractivity contribution is 6.75. The lowest BCUT2D eigenvalue weighted by molar-refractivity contribution is -0.233. The number of rotatable bonds is 2. The summed E-state index contributed by atoms with van der Waals surface area (Å²) in [5.41, 5.74) is -2.95. The minimum Gasteiger partial charge on any atom is -0.458 e. The van der Waals surface area contributed by atoms with Gasteiger partial charge in [-0.2, -0.15) is 0 Å². The highest BCUT2D eigenvalue weighted by atomic mass is 35.6. The summed E-state index contributed by atoms with van der Waals surface area (Å²) in [6.45, 7) is 5.73. The number of carbonyl (C=O) groups excluding carboxylic acids is 2. The number of carbonyl (C=O) groups is 2. The summed E-state index contributed by atoms with van der Waals surface area (Å²) in [6, 6.07) is 0. The zero-order chi connectivity index (χ0) is 23.9. The van der Waals surface area contributed by atoms with E-state index >= 15 is 0 Å². The van der Waals surface area contributed by atoms with Crippen LogP contribution in [-0.2, 0) is 28.5 Å². The molecule has 0 unspecified atom stereocenters. The Bertz CT molecular complexity index is 1010. The molecule has 3 aliphatic carbocycles. The summed E-state index contributed by atoms with van der Waals surface area (Å²) in [7, 11) is 0. The molecule has 0 aromatic carbocycles. The highest BCUT2D eigenvalue weighted by Gasteiger charge is 2.97. The fourth-order valence-electron chi connectivity index (χ4n) is 7.61. The molecule has 2 spiro atoms. The Morgan fingerprint density at radius 1 is 1.27 bits per heavy atom. The van der Waals surface area contributed by atoms with E-state index in [0.29, 0.717) is 24.8 Å². The second-order valence-corrected chi connectivity index (χ2v) is 13.0. The molecule has 2 saturated carbocycles. The van der Waals surface area contributed by atoms with Crippen LogP contribution < -0.4 is 0 Å². The second-order valence-electron chi connectivity index (χ2n) is 10.7. The van der Waals surface area contributed by atoms with Gasteiger partial charge in [-0.3, -0.25) is 0 Å². The number of fused-ring (bicyclic) bond motifs is 2. The van der Waals surface area contributed by atoms with Crippen molar-refractivity contribution in [3.63, 3.8) is 0 Å². The summed E-state index contributed by atoms with van der Waals surface area (Å²) in [4.78, 5) is 24.8. The lowest BCUT2D eigenvalue weighted by Crippen LogP contribution is -2.76. The minimum absolute atomic E-state index is 0.0692. The number of aliphatic hydroxyl groups excluding tert-OH is 1. The van der Waals surface area contributed by atoms with E-state index in [1.165, 1.54) is 0 Å². The largest absolute Gasteiger partial charge is 0.458 e. The van der Waals surface area contributed by atoms with Crippen LogP contribution in [-0.4, -0.2) is 73.8 Å². The number of epoxide rings is 2. The quantitative estimate of drug-likeness (QED) is 0.320. The third-order valence-electron chi connectivity index (χ3n) is 9.34. The molecule has 0 radical (unpaired) electrons. The van der Waals surface area contributed by atoms with Gasteiger partial charge < -0.3 is 29.2 Å². The summed E-state index contributed by atoms with van der Waals surface area (Å²) < 4.78 is 21.2. The molecule has 0 aromatic rings. The average molecular weight is 524 g/mol. The molecule has 8 nitrogen and oxygen atoms in total. The fraction of sp³-hybridized carbons (Fsp3) is 0.818. The van der Waals surface area contributed by atoms with E-state index < -0.39 is 56.2 Å². The zero-order valence-electron chi connectivity index (χ0n) is 18.3. The first kappa shape index (κ1) is 22.8. The van der Waals surface area contributed by atoms with Gasteiger partial charge in [0.15, 0.2) is 11.7 Å². The van der Waals surface area contributed by atoms with Gasteiger partial charge in [-0.1, -0.05) is 55.6 Å². The van der Waals surface area contributed by atoms with Crippen LogP contribution in [0.25, 0.3) is 0 Å². The predicted molar refractivity (Wildman–Crippen MR) is 115 cm³/mol. The lowest BCUT2D eigenvalue weighted by atomic mass is 9.45. The number of cyclic esters (lactones) is 1. The number of alkyl halides is 3. The van der Waals surface area contributed by atoms with Crippen molar-refractivity contribution in [2.45, 2.75) is 85.0 Å². The maximum atomic E-state index is 12.6. The van der Waals surface area contributed by atoms with Crippen LogP contribution in [0.4, 0.5) is 0 Å². The van der Waals surface area contributed by atoms with Gasteiger partial charge in [0, 0.05) is 11.0 Å². The minimum atomic E-state index is -2.36. The number of ether oxygens (including phenoxy) is 4. The average Bonchev–Trinajstić information content (AvgIpc) is 3.61. The molecule has 6 aliphatic rings. The Kier molecular flexibility index (Phi) is 4.42. The van der Waals surface area contributed by atoms with E-state index in [1.807, 2.05) is 0 Å². The van der Waals surface area contributed by atoms with E-state index in [4.69, 9.17) is 53.8 Å². The maximum absolute atomic E-state index is 12.6. The third-order valence-corrected chi connectivity index (χ3v) is 9.80. The monoisotopic (exact) mass is 522 g/mol. The Balaban J connectivity index is 1.46. The van der Waals surface area contributed by atoms with Crippen LogP contribution in [0.1, 0.15) is 40.0 Å². The molecule has 11 heteroatoms. The first-order valence-corrected chi connectivity index (χ1v) is 12.3. The first-order chi connectivity index (χ1) is 15.3. The molecule has 0 aromatic heterocycles. The van der Waals surface area contributed by atoms with Crippen LogP contribution in [0.2, 0.25) is 0 Å². The van der Waals surface area contributed by atoms with Crippen molar-refractivity contribution in [1.82, 2.24) is 0 Å². The lowest BCUT2D eigenvalue weighted by Gasteiger charge is -2.57. The standard InChI is InChI=1S/C22H25Cl3O8/c1-8(2)19(29)13(31-17(28)22(23,24)25)14-21(33-14)18(3)5-4-9-10(7-30-15(9)26)11(18)6-12-20(21,32-12)16(19)27/h8,11-14,16,27,29H,4-7H2,1-3H3/t11-,12-,13+,14-,16+,18-,19-,20+,21+/m0/s1. The highest BCUT2D eigenvalue weighted by Crippen LogP contribution is 2.80. The second kappa shape index (κ2) is 6.38. The molecule has 0 amide bonds. The van der Waals surface area contributed by atoms with Crippen molar-refractivity contribution in [2.24, 2.45) is 17.3 Å². The van der Waals surface area contributed by atoms with E-state index in [2.05, 4.69) is 6.92 Å². The van der Waals surface area contributed by atoms with Crippen molar-refractivity contribution in [2.75, 3.05) is 6.61 Å². The Hall–Kier alpha value is -0.610. The molecular formula is C22H25Cl3O8. The van der Waals surface area contributed by atoms with E-state index in [1.54, 1.807) is 13.8 Å².